The first-order valence-electron chi connectivity index (χ1n) is 5.11. The lowest BCUT2D eigenvalue weighted by molar-refractivity contribution is -0.144. The van der Waals surface area contributed by atoms with Gasteiger partial charge in [-0.1, -0.05) is 0 Å². The summed E-state index contributed by atoms with van der Waals surface area (Å²) < 4.78 is 5.16. The number of hydrogen-bond donors (Lipinski definition) is 3. The molecule has 9 heteroatoms. The number of carbonyl (C=O) groups excluding carboxylic acids is 1. The zero-order valence-corrected chi connectivity index (χ0v) is 9.72. The largest absolute Gasteiger partial charge is 0.479 e. The molecule has 0 atom stereocenters. The molecule has 2 aromatic rings. The van der Waals surface area contributed by atoms with Crippen LogP contribution in [0.5, 0.6) is 0 Å². The second-order valence-electron chi connectivity index (χ2n) is 3.56. The van der Waals surface area contributed by atoms with E-state index in [9.17, 15) is 14.4 Å². The SMILES string of the molecule is Cc1oc2nc[nH]c(=O)c2c1C(=O)NOCC(=O)O. The van der Waals surface area contributed by atoms with E-state index in [1.165, 1.54) is 6.92 Å². The first kappa shape index (κ1) is 12.8. The van der Waals surface area contributed by atoms with Crippen LogP contribution in [0, 0.1) is 6.92 Å². The lowest BCUT2D eigenvalue weighted by Gasteiger charge is -2.02. The third-order valence-electron chi connectivity index (χ3n) is 2.26. The van der Waals surface area contributed by atoms with Crippen molar-refractivity contribution in [2.45, 2.75) is 6.92 Å². The number of hydrogen-bond acceptors (Lipinski definition) is 6. The highest BCUT2D eigenvalue weighted by Gasteiger charge is 2.21. The molecule has 0 bridgehead atoms. The number of aliphatic carboxylic acids is 1. The number of nitrogens with one attached hydrogen (secondary N) is 2. The molecule has 9 nitrogen and oxygen atoms in total. The molecule has 0 unspecified atom stereocenters. The molecule has 0 spiro atoms. The van der Waals surface area contributed by atoms with Gasteiger partial charge in [0.05, 0.1) is 11.9 Å². The summed E-state index contributed by atoms with van der Waals surface area (Å²) in [6.45, 7) is 0.780. The molecule has 0 aliphatic carbocycles. The molecule has 0 saturated carbocycles. The maximum absolute atomic E-state index is 11.8. The number of nitrogens with zero attached hydrogens (tertiary/aromatic N) is 1. The van der Waals surface area contributed by atoms with Crippen LogP contribution in [0.2, 0.25) is 0 Å². The van der Waals surface area contributed by atoms with Crippen LogP contribution in [0.15, 0.2) is 15.5 Å². The first-order chi connectivity index (χ1) is 9.00. The molecule has 0 saturated heterocycles. The van der Waals surface area contributed by atoms with Gasteiger partial charge in [-0.25, -0.2) is 15.3 Å². The van der Waals surface area contributed by atoms with Crippen molar-refractivity contribution in [2.75, 3.05) is 6.61 Å². The summed E-state index contributed by atoms with van der Waals surface area (Å²) in [5, 5.41) is 8.35. The summed E-state index contributed by atoms with van der Waals surface area (Å²) >= 11 is 0. The van der Waals surface area contributed by atoms with Crippen LogP contribution in [-0.2, 0) is 9.63 Å². The maximum Gasteiger partial charge on any atom is 0.332 e. The van der Waals surface area contributed by atoms with Gasteiger partial charge in [0.1, 0.15) is 11.1 Å². The Balaban J connectivity index is 2.34. The molecule has 2 aromatic heterocycles. The van der Waals surface area contributed by atoms with Gasteiger partial charge in [0.25, 0.3) is 11.5 Å². The zero-order chi connectivity index (χ0) is 14.0. The van der Waals surface area contributed by atoms with E-state index in [0.29, 0.717) is 0 Å². The lowest BCUT2D eigenvalue weighted by Crippen LogP contribution is -2.27. The Morgan fingerprint density at radius 3 is 3.00 bits per heavy atom. The summed E-state index contributed by atoms with van der Waals surface area (Å²) in [6.07, 6.45) is 1.15. The van der Waals surface area contributed by atoms with Crippen LogP contribution in [0.3, 0.4) is 0 Å². The van der Waals surface area contributed by atoms with E-state index in [-0.39, 0.29) is 22.4 Å². The van der Waals surface area contributed by atoms with Crippen molar-refractivity contribution in [2.24, 2.45) is 0 Å². The smallest absolute Gasteiger partial charge is 0.332 e. The Bertz CT molecular complexity index is 701. The van der Waals surface area contributed by atoms with Gasteiger partial charge in [0.15, 0.2) is 6.61 Å². The van der Waals surface area contributed by atoms with E-state index >= 15 is 0 Å². The molecule has 19 heavy (non-hydrogen) atoms. The van der Waals surface area contributed by atoms with Gasteiger partial charge in [-0.15, -0.1) is 0 Å². The number of furan rings is 1. The van der Waals surface area contributed by atoms with E-state index in [1.807, 2.05) is 5.48 Å². The minimum Gasteiger partial charge on any atom is -0.479 e. The van der Waals surface area contributed by atoms with Crippen LogP contribution in [0.25, 0.3) is 11.1 Å². The monoisotopic (exact) mass is 267 g/mol. The quantitative estimate of drug-likeness (QED) is 0.639. The topological polar surface area (TPSA) is 135 Å². The molecule has 3 N–H and O–H groups in total. The molecule has 2 heterocycles. The standard InChI is InChI=1S/C10H9N3O6/c1-4-6(9(17)13-18-2-5(14)15)7-8(16)11-3-12-10(7)19-4/h3H,2H2,1H3,(H,13,17)(H,14,15)(H,11,12,16). The number of aromatic amines is 1. The molecule has 100 valence electrons. The fourth-order valence-corrected chi connectivity index (χ4v) is 1.54. The number of amides is 1. The van der Waals surface area contributed by atoms with Crippen molar-refractivity contribution in [1.29, 1.82) is 0 Å². The van der Waals surface area contributed by atoms with Crippen LogP contribution in [-0.4, -0.2) is 33.6 Å². The normalized spacial score (nSPS) is 10.6. The summed E-state index contributed by atoms with van der Waals surface area (Å²) in [7, 11) is 0. The zero-order valence-electron chi connectivity index (χ0n) is 9.72. The van der Waals surface area contributed by atoms with Crippen LogP contribution in [0.4, 0.5) is 0 Å². The molecule has 1 amide bonds. The highest BCUT2D eigenvalue weighted by molar-refractivity contribution is 6.05. The van der Waals surface area contributed by atoms with E-state index in [0.717, 1.165) is 6.33 Å². The number of rotatable bonds is 4. The predicted molar refractivity (Wildman–Crippen MR) is 60.4 cm³/mol. The molecule has 0 fully saturated rings. The van der Waals surface area contributed by atoms with Crippen molar-refractivity contribution in [3.8, 4) is 0 Å². The van der Waals surface area contributed by atoms with Gasteiger partial charge in [0.2, 0.25) is 5.71 Å². The summed E-state index contributed by atoms with van der Waals surface area (Å²) in [4.78, 5) is 44.2. The number of fused-ring (bicyclic) bond motifs is 1. The Kier molecular flexibility index (Phi) is 3.29. The highest BCUT2D eigenvalue weighted by atomic mass is 16.7. The Morgan fingerprint density at radius 2 is 2.32 bits per heavy atom. The van der Waals surface area contributed by atoms with Crippen molar-refractivity contribution in [3.05, 3.63) is 28.0 Å². The number of carbonyl (C=O) groups is 2. The van der Waals surface area contributed by atoms with Gasteiger partial charge in [-0.2, -0.15) is 0 Å². The number of carboxylic acids is 1. The number of carboxylic acid groups (broad SMARTS) is 1. The molecule has 0 aromatic carbocycles. The van der Waals surface area contributed by atoms with Crippen molar-refractivity contribution >= 4 is 23.0 Å². The van der Waals surface area contributed by atoms with E-state index in [4.69, 9.17) is 9.52 Å². The Hall–Kier alpha value is -2.68. The average molecular weight is 267 g/mol. The lowest BCUT2D eigenvalue weighted by atomic mass is 10.2. The van der Waals surface area contributed by atoms with Gasteiger partial charge in [0, 0.05) is 0 Å². The molecular weight excluding hydrogens is 258 g/mol. The third-order valence-corrected chi connectivity index (χ3v) is 2.26. The second kappa shape index (κ2) is 4.90. The highest BCUT2D eigenvalue weighted by Crippen LogP contribution is 2.19. The fraction of sp³-hybridized carbons (Fsp3) is 0.200. The number of aromatic nitrogens is 2. The predicted octanol–water partition coefficient (Wildman–Crippen LogP) is -0.429. The van der Waals surface area contributed by atoms with Crippen LogP contribution in [0.1, 0.15) is 16.1 Å². The molecule has 0 aliphatic heterocycles. The Labute approximate surface area is 105 Å². The second-order valence-corrected chi connectivity index (χ2v) is 3.56. The minimum absolute atomic E-state index is 0.0172. The van der Waals surface area contributed by atoms with Crippen molar-refractivity contribution in [3.63, 3.8) is 0 Å². The molecular formula is C10H9N3O6. The fourth-order valence-electron chi connectivity index (χ4n) is 1.54. The van der Waals surface area contributed by atoms with E-state index in [1.54, 1.807) is 0 Å². The number of aryl methyl sites for hydroxylation is 1. The first-order valence-corrected chi connectivity index (χ1v) is 5.11. The van der Waals surface area contributed by atoms with Crippen molar-refractivity contribution < 1.29 is 24.0 Å². The molecule has 0 aliphatic rings. The van der Waals surface area contributed by atoms with Gasteiger partial charge < -0.3 is 14.5 Å². The average Bonchev–Trinajstić information content (AvgIpc) is 2.66. The molecule has 2 rings (SSSR count). The maximum atomic E-state index is 11.8. The number of H-pyrrole nitrogens is 1. The van der Waals surface area contributed by atoms with Gasteiger partial charge in [-0.3, -0.25) is 14.4 Å². The third kappa shape index (κ3) is 2.45. The summed E-state index contributed by atoms with van der Waals surface area (Å²) in [5.41, 5.74) is 1.35. The Morgan fingerprint density at radius 1 is 1.58 bits per heavy atom. The van der Waals surface area contributed by atoms with Gasteiger partial charge >= 0.3 is 5.97 Å². The van der Waals surface area contributed by atoms with Crippen LogP contribution < -0.4 is 11.0 Å². The summed E-state index contributed by atoms with van der Waals surface area (Å²) in [5.74, 6) is -1.85. The van der Waals surface area contributed by atoms with Gasteiger partial charge in [-0.05, 0) is 6.92 Å². The van der Waals surface area contributed by atoms with Crippen LogP contribution >= 0.6 is 0 Å². The van der Waals surface area contributed by atoms with E-state index < -0.39 is 24.0 Å². The summed E-state index contributed by atoms with van der Waals surface area (Å²) in [6, 6.07) is 0. The molecule has 0 radical (unpaired) electrons. The van der Waals surface area contributed by atoms with Crippen molar-refractivity contribution in [1.82, 2.24) is 15.4 Å². The minimum atomic E-state index is -1.24. The van der Waals surface area contributed by atoms with E-state index in [2.05, 4.69) is 14.8 Å². The number of hydroxylamine groups is 1.